The third-order valence-corrected chi connectivity index (χ3v) is 10.8. The normalized spacial score (nSPS) is 33.9. The van der Waals surface area contributed by atoms with Crippen LogP contribution >= 0.6 is 0 Å². The average Bonchev–Trinajstić information content (AvgIpc) is 3.50. The molecule has 0 aliphatic carbocycles. The van der Waals surface area contributed by atoms with Crippen LogP contribution < -0.4 is 4.74 Å². The van der Waals surface area contributed by atoms with E-state index in [1.54, 1.807) is 0 Å². The number of benzene rings is 3. The number of phenolic OH excluding ortho intramolecular Hbond substituents is 6. The van der Waals surface area contributed by atoms with Crippen molar-refractivity contribution in [1.82, 2.24) is 0 Å². The van der Waals surface area contributed by atoms with Crippen LogP contribution in [0.25, 0.3) is 12.2 Å². The minimum absolute atomic E-state index is 0.00990. The van der Waals surface area contributed by atoms with E-state index in [0.717, 1.165) is 24.3 Å². The topological polar surface area (TPSA) is 374 Å². The summed E-state index contributed by atoms with van der Waals surface area (Å²) in [6, 6.07) is 9.57. The zero-order chi connectivity index (χ0) is 46.1. The molecule has 0 amide bonds. The van der Waals surface area contributed by atoms with Gasteiger partial charge < -0.3 is 109 Å². The molecule has 0 spiro atoms. The number of aromatic hydroxyl groups is 6. The van der Waals surface area contributed by atoms with Gasteiger partial charge in [0.15, 0.2) is 41.7 Å². The van der Waals surface area contributed by atoms with E-state index < -0.39 is 141 Å². The Balaban J connectivity index is 1.10. The van der Waals surface area contributed by atoms with E-state index in [9.17, 15) is 76.3 Å². The van der Waals surface area contributed by atoms with E-state index in [4.69, 9.17) is 37.9 Å². The second-order valence-corrected chi connectivity index (χ2v) is 15.2. The van der Waals surface area contributed by atoms with Crippen LogP contribution in [0.1, 0.15) is 22.8 Å². The Morgan fingerprint density at radius 1 is 0.594 bits per heavy atom. The van der Waals surface area contributed by atoms with E-state index in [1.165, 1.54) is 42.5 Å². The first-order valence-corrected chi connectivity index (χ1v) is 19.5. The fourth-order valence-electron chi connectivity index (χ4n) is 7.20. The number of ether oxygens (including phenoxy) is 8. The molecule has 0 bridgehead atoms. The van der Waals surface area contributed by atoms with Gasteiger partial charge in [-0.15, -0.1) is 0 Å². The average molecular weight is 907 g/mol. The highest BCUT2D eigenvalue weighted by atomic mass is 16.7. The van der Waals surface area contributed by atoms with Crippen LogP contribution in [0.5, 0.6) is 40.2 Å². The Hall–Kier alpha value is -5.51. The number of esters is 1. The molecule has 0 saturated carbocycles. The maximum Gasteiger partial charge on any atom is 0.330 e. The third kappa shape index (κ3) is 9.91. The number of fused-ring (bicyclic) bond motifs is 1. The van der Waals surface area contributed by atoms with Gasteiger partial charge in [-0.3, -0.25) is 0 Å². The Labute approximate surface area is 361 Å². The van der Waals surface area contributed by atoms with Crippen LogP contribution in [0, 0.1) is 0 Å². The van der Waals surface area contributed by atoms with Gasteiger partial charge in [-0.25, -0.2) is 4.79 Å². The highest BCUT2D eigenvalue weighted by Gasteiger charge is 2.51. The van der Waals surface area contributed by atoms with Gasteiger partial charge in [0.25, 0.3) is 0 Å². The number of phenols is 6. The highest BCUT2D eigenvalue weighted by molar-refractivity contribution is 5.87. The molecule has 15 atom stereocenters. The van der Waals surface area contributed by atoms with Crippen molar-refractivity contribution in [2.24, 2.45) is 0 Å². The Bertz CT molecular complexity index is 2200. The molecule has 3 aromatic carbocycles. The van der Waals surface area contributed by atoms with Crippen LogP contribution in [0.4, 0.5) is 0 Å². The molecular weight excluding hydrogens is 860 g/mol. The van der Waals surface area contributed by atoms with Crippen molar-refractivity contribution in [2.75, 3.05) is 19.8 Å². The molecule has 4 heterocycles. The Kier molecular flexibility index (Phi) is 14.0. The minimum Gasteiger partial charge on any atom is -0.508 e. The molecule has 23 heteroatoms. The van der Waals surface area contributed by atoms with Gasteiger partial charge >= 0.3 is 5.97 Å². The minimum atomic E-state index is -1.95. The summed E-state index contributed by atoms with van der Waals surface area (Å²) in [5.74, 6) is -3.91. The summed E-state index contributed by atoms with van der Waals surface area (Å²) in [7, 11) is 0. The van der Waals surface area contributed by atoms with Gasteiger partial charge in [0.2, 0.25) is 6.29 Å². The summed E-state index contributed by atoms with van der Waals surface area (Å²) < 4.78 is 45.8. The van der Waals surface area contributed by atoms with Crippen molar-refractivity contribution < 1.29 is 114 Å². The molecule has 3 fully saturated rings. The lowest BCUT2D eigenvalue weighted by Gasteiger charge is -2.44. The van der Waals surface area contributed by atoms with Gasteiger partial charge in [-0.05, 0) is 42.0 Å². The molecule has 4 aliphatic rings. The van der Waals surface area contributed by atoms with Crippen LogP contribution in [0.2, 0.25) is 0 Å². The first-order valence-electron chi connectivity index (χ1n) is 19.5. The second kappa shape index (κ2) is 19.3. The smallest absolute Gasteiger partial charge is 0.330 e. The number of hydrogen-bond donors (Lipinski definition) is 14. The molecule has 14 N–H and O–H groups in total. The first-order chi connectivity index (χ1) is 30.4. The van der Waals surface area contributed by atoms with E-state index in [-0.39, 0.29) is 34.1 Å². The number of rotatable bonds is 13. The van der Waals surface area contributed by atoms with Crippen LogP contribution in [0.3, 0.4) is 0 Å². The quantitative estimate of drug-likeness (QED) is 0.0490. The molecular formula is C41H46O23. The van der Waals surface area contributed by atoms with Gasteiger partial charge in [-0.1, -0.05) is 12.1 Å². The van der Waals surface area contributed by atoms with Crippen LogP contribution in [-0.4, -0.2) is 183 Å². The van der Waals surface area contributed by atoms with E-state index in [1.807, 2.05) is 0 Å². The van der Waals surface area contributed by atoms with Crippen molar-refractivity contribution in [3.05, 3.63) is 77.1 Å². The van der Waals surface area contributed by atoms with E-state index in [0.29, 0.717) is 5.56 Å². The predicted octanol–water partition coefficient (Wildman–Crippen LogP) is -2.24. The summed E-state index contributed by atoms with van der Waals surface area (Å²) in [5, 5.41) is 145. The van der Waals surface area contributed by atoms with Gasteiger partial charge in [-0.2, -0.15) is 0 Å². The van der Waals surface area contributed by atoms with Crippen LogP contribution in [-0.2, 0) is 38.0 Å². The zero-order valence-corrected chi connectivity index (χ0v) is 33.1. The van der Waals surface area contributed by atoms with Gasteiger partial charge in [0.05, 0.1) is 18.8 Å². The number of carbonyl (C=O) groups is 1. The lowest BCUT2D eigenvalue weighted by Crippen LogP contribution is -2.62. The molecule has 0 radical (unpaired) electrons. The summed E-state index contributed by atoms with van der Waals surface area (Å²) in [5.41, 5.74) is 0.459. The van der Waals surface area contributed by atoms with E-state index in [2.05, 4.69) is 0 Å². The summed E-state index contributed by atoms with van der Waals surface area (Å²) in [4.78, 5) is 12.4. The number of aliphatic hydroxyl groups is 8. The molecule has 0 aromatic heterocycles. The molecule has 2 unspecified atom stereocenters. The second-order valence-electron chi connectivity index (χ2n) is 15.2. The molecule has 348 valence electrons. The van der Waals surface area contributed by atoms with Crippen molar-refractivity contribution in [3.63, 3.8) is 0 Å². The van der Waals surface area contributed by atoms with Crippen molar-refractivity contribution in [1.29, 1.82) is 0 Å². The molecule has 23 nitrogen and oxygen atoms in total. The molecule has 64 heavy (non-hydrogen) atoms. The number of aliphatic hydroxyl groups excluding tert-OH is 8. The maximum absolute atomic E-state index is 12.4. The maximum atomic E-state index is 12.4. The standard InChI is InChI=1S/C41H46O23/c42-17-9-21(45)18-11-25(37(60-24(18)10-17)16-3-5-20(44)23(47)8-16)62-41-38(58-13-26-32(51)35(54)39(56)61-26)34(53)31(50)28(64-41)14-59-40-36(55)33(52)30(49)27(63-40)12-57-29(48)6-2-15-1-4-19(43)22(46)7-15/h1-11,26-28,30-47,49-56H,12-14H2/b6-2+/t26?,27-,28-,30-,31+,32+,33+,34+,35-,36-,37?,38-,39-,40-,41-/m1/s1. The fraction of sp³-hybridized carbons (Fsp3) is 0.439. The van der Waals surface area contributed by atoms with Crippen molar-refractivity contribution in [3.8, 4) is 40.2 Å². The fourth-order valence-corrected chi connectivity index (χ4v) is 7.20. The van der Waals surface area contributed by atoms with Crippen molar-refractivity contribution >= 4 is 18.1 Å². The number of carbonyl (C=O) groups excluding carboxylic acids is 1. The first kappa shape index (κ1) is 46.5. The monoisotopic (exact) mass is 906 g/mol. The lowest BCUT2D eigenvalue weighted by molar-refractivity contribution is -0.333. The van der Waals surface area contributed by atoms with Crippen LogP contribution in [0.15, 0.2) is 60.4 Å². The molecule has 4 aliphatic heterocycles. The molecule has 3 aromatic rings. The highest BCUT2D eigenvalue weighted by Crippen LogP contribution is 2.46. The summed E-state index contributed by atoms with van der Waals surface area (Å²) in [6.45, 7) is -2.05. The largest absolute Gasteiger partial charge is 0.508 e. The zero-order valence-electron chi connectivity index (χ0n) is 33.1. The van der Waals surface area contributed by atoms with Gasteiger partial charge in [0, 0.05) is 23.8 Å². The SMILES string of the molecule is O=C(/C=C/c1ccc(O)c(O)c1)OC[C@H]1O[C@@H](OC[C@H]2O[C@@H](OC3=Cc4c(O)cc(O)cc4OC3c3ccc(O)c(O)c3)[C@H](OCC3O[C@@H](O)[C@H](O)[C@H]3O)[C@@H](O)[C@H]2O)[C@H](O)[C@@H](O)[C@@H]1O. The summed E-state index contributed by atoms with van der Waals surface area (Å²) >= 11 is 0. The Morgan fingerprint density at radius 2 is 1.22 bits per heavy atom. The lowest BCUT2D eigenvalue weighted by atomic mass is 9.97. The van der Waals surface area contributed by atoms with Crippen molar-refractivity contribution in [2.45, 2.75) is 92.1 Å². The molecule has 7 rings (SSSR count). The third-order valence-electron chi connectivity index (χ3n) is 10.8. The Morgan fingerprint density at radius 3 is 1.91 bits per heavy atom. The van der Waals surface area contributed by atoms with Gasteiger partial charge in [0.1, 0.15) is 96.8 Å². The predicted molar refractivity (Wildman–Crippen MR) is 208 cm³/mol. The van der Waals surface area contributed by atoms with E-state index >= 15 is 0 Å². The molecule has 3 saturated heterocycles. The number of hydrogen-bond acceptors (Lipinski definition) is 23. The summed E-state index contributed by atoms with van der Waals surface area (Å²) in [6.07, 6.45) is -22.3.